The molecule has 0 amide bonds. The van der Waals surface area contributed by atoms with Gasteiger partial charge in [-0.25, -0.2) is 0 Å². The first-order chi connectivity index (χ1) is 7.40. The van der Waals surface area contributed by atoms with Crippen LogP contribution in [0.1, 0.15) is 24.8 Å². The molecule has 0 saturated carbocycles. The van der Waals surface area contributed by atoms with Crippen LogP contribution in [0.25, 0.3) is 0 Å². The van der Waals surface area contributed by atoms with Gasteiger partial charge in [0.1, 0.15) is 0 Å². The van der Waals surface area contributed by atoms with Crippen molar-refractivity contribution < 1.29 is 0 Å². The Hall–Kier alpha value is -1.08. The number of nitrogens with zero attached hydrogens (tertiary/aromatic N) is 1. The normalized spacial score (nSPS) is 21.7. The van der Waals surface area contributed by atoms with E-state index in [1.165, 1.54) is 24.9 Å². The molecule has 15 heavy (non-hydrogen) atoms. The summed E-state index contributed by atoms with van der Waals surface area (Å²) in [7, 11) is 0. The highest BCUT2D eigenvalue weighted by atomic mass is 15.2. The number of hydrogen-bond acceptors (Lipinski definition) is 1. The summed E-state index contributed by atoms with van der Waals surface area (Å²) < 4.78 is 0. The van der Waals surface area contributed by atoms with Crippen LogP contribution in [0.3, 0.4) is 0 Å². The highest BCUT2D eigenvalue weighted by Crippen LogP contribution is 2.22. The fourth-order valence-corrected chi connectivity index (χ4v) is 2.38. The molecule has 0 bridgehead atoms. The van der Waals surface area contributed by atoms with Crippen LogP contribution >= 0.6 is 0 Å². The average molecular weight is 201 g/mol. The Morgan fingerprint density at radius 2 is 2.13 bits per heavy atom. The molecule has 80 valence electrons. The summed E-state index contributed by atoms with van der Waals surface area (Å²) in [4.78, 5) is 2.58. The maximum Gasteiger partial charge on any atom is 0.0236 e. The molecule has 1 atom stereocenters. The predicted molar refractivity (Wildman–Crippen MR) is 64.7 cm³/mol. The Morgan fingerprint density at radius 1 is 1.33 bits per heavy atom. The van der Waals surface area contributed by atoms with Crippen LogP contribution in [0.2, 0.25) is 0 Å². The summed E-state index contributed by atoms with van der Waals surface area (Å²) in [5.74, 6) is 0. The minimum atomic E-state index is 0.725. The first-order valence-electron chi connectivity index (χ1n) is 5.79. The van der Waals surface area contributed by atoms with E-state index >= 15 is 0 Å². The Bertz CT molecular complexity index is 304. The molecule has 0 aliphatic carbocycles. The Labute approximate surface area is 92.4 Å². The monoisotopic (exact) mass is 201 g/mol. The highest BCUT2D eigenvalue weighted by molar-refractivity contribution is 5.14. The molecular formula is C14H19N. The molecular weight excluding hydrogens is 182 g/mol. The van der Waals surface area contributed by atoms with Gasteiger partial charge in [0.15, 0.2) is 0 Å². The van der Waals surface area contributed by atoms with E-state index in [0.717, 1.165) is 19.0 Å². The van der Waals surface area contributed by atoms with Crippen molar-refractivity contribution in [3.63, 3.8) is 0 Å². The van der Waals surface area contributed by atoms with Gasteiger partial charge >= 0.3 is 0 Å². The minimum Gasteiger partial charge on any atom is -0.296 e. The Balaban J connectivity index is 1.96. The van der Waals surface area contributed by atoms with E-state index in [2.05, 4.69) is 41.8 Å². The largest absolute Gasteiger partial charge is 0.296 e. The van der Waals surface area contributed by atoms with Gasteiger partial charge in [-0.1, -0.05) is 36.4 Å². The topological polar surface area (TPSA) is 3.24 Å². The maximum absolute atomic E-state index is 3.84. The van der Waals surface area contributed by atoms with Crippen molar-refractivity contribution in [1.82, 2.24) is 4.90 Å². The third-order valence-corrected chi connectivity index (χ3v) is 3.17. The number of rotatable bonds is 4. The lowest BCUT2D eigenvalue weighted by Gasteiger charge is -2.23. The van der Waals surface area contributed by atoms with E-state index in [9.17, 15) is 0 Å². The predicted octanol–water partition coefficient (Wildman–Crippen LogP) is 3.23. The Kier molecular flexibility index (Phi) is 3.57. The molecule has 1 aliphatic rings. The van der Waals surface area contributed by atoms with Crippen molar-refractivity contribution in [3.8, 4) is 0 Å². The Morgan fingerprint density at radius 3 is 2.87 bits per heavy atom. The molecule has 1 aromatic rings. The molecule has 1 heteroatoms. The van der Waals surface area contributed by atoms with Gasteiger partial charge in [-0.15, -0.1) is 6.58 Å². The van der Waals surface area contributed by atoms with Crippen molar-refractivity contribution in [1.29, 1.82) is 0 Å². The van der Waals surface area contributed by atoms with E-state index in [4.69, 9.17) is 0 Å². The summed E-state index contributed by atoms with van der Waals surface area (Å²) in [6.45, 7) is 6.18. The van der Waals surface area contributed by atoms with Crippen molar-refractivity contribution in [2.75, 3.05) is 6.54 Å². The standard InChI is InChI=1S/C14H19N/c1-2-7-14-10-6-11-15(14)12-13-8-4-3-5-9-13/h2-5,8-9,14H,1,6-7,10-12H2. The molecule has 2 rings (SSSR count). The molecule has 1 fully saturated rings. The SMILES string of the molecule is C=CCC1CCCN1Cc1ccccc1. The molecule has 1 saturated heterocycles. The number of benzene rings is 1. The fraction of sp³-hybridized carbons (Fsp3) is 0.429. The van der Waals surface area contributed by atoms with Crippen molar-refractivity contribution >= 4 is 0 Å². The van der Waals surface area contributed by atoms with Gasteiger partial charge in [-0.2, -0.15) is 0 Å². The third kappa shape index (κ3) is 2.69. The third-order valence-electron chi connectivity index (χ3n) is 3.17. The van der Waals surface area contributed by atoms with Gasteiger partial charge in [-0.05, 0) is 31.4 Å². The van der Waals surface area contributed by atoms with Gasteiger partial charge in [-0.3, -0.25) is 4.90 Å². The maximum atomic E-state index is 3.84. The lowest BCUT2D eigenvalue weighted by molar-refractivity contribution is 0.246. The van der Waals surface area contributed by atoms with E-state index in [-0.39, 0.29) is 0 Å². The molecule has 1 nitrogen and oxygen atoms in total. The summed E-state index contributed by atoms with van der Waals surface area (Å²) in [6, 6.07) is 11.5. The van der Waals surface area contributed by atoms with Crippen LogP contribution in [-0.2, 0) is 6.54 Å². The van der Waals surface area contributed by atoms with E-state index < -0.39 is 0 Å². The fourth-order valence-electron chi connectivity index (χ4n) is 2.38. The van der Waals surface area contributed by atoms with Crippen molar-refractivity contribution in [2.24, 2.45) is 0 Å². The van der Waals surface area contributed by atoms with Crippen LogP contribution in [0, 0.1) is 0 Å². The van der Waals surface area contributed by atoms with Gasteiger partial charge in [0.25, 0.3) is 0 Å². The lowest BCUT2D eigenvalue weighted by Crippen LogP contribution is -2.28. The molecule has 0 spiro atoms. The van der Waals surface area contributed by atoms with Gasteiger partial charge < -0.3 is 0 Å². The zero-order chi connectivity index (χ0) is 10.5. The second kappa shape index (κ2) is 5.13. The van der Waals surface area contributed by atoms with Gasteiger partial charge in [0, 0.05) is 12.6 Å². The first-order valence-corrected chi connectivity index (χ1v) is 5.79. The van der Waals surface area contributed by atoms with Crippen molar-refractivity contribution in [3.05, 3.63) is 48.6 Å². The summed E-state index contributed by atoms with van der Waals surface area (Å²) in [5, 5.41) is 0. The second-order valence-electron chi connectivity index (χ2n) is 4.28. The lowest BCUT2D eigenvalue weighted by atomic mass is 10.1. The molecule has 1 aromatic carbocycles. The molecule has 0 N–H and O–H groups in total. The van der Waals surface area contributed by atoms with Gasteiger partial charge in [0.2, 0.25) is 0 Å². The first kappa shape index (κ1) is 10.4. The minimum absolute atomic E-state index is 0.725. The summed E-state index contributed by atoms with van der Waals surface area (Å²) >= 11 is 0. The highest BCUT2D eigenvalue weighted by Gasteiger charge is 2.22. The second-order valence-corrected chi connectivity index (χ2v) is 4.28. The van der Waals surface area contributed by atoms with Crippen LogP contribution in [0.5, 0.6) is 0 Å². The average Bonchev–Trinajstić information content (AvgIpc) is 2.68. The number of likely N-dealkylation sites (tertiary alicyclic amines) is 1. The zero-order valence-corrected chi connectivity index (χ0v) is 9.23. The molecule has 1 unspecified atom stereocenters. The zero-order valence-electron chi connectivity index (χ0n) is 9.23. The smallest absolute Gasteiger partial charge is 0.0236 e. The molecule has 0 aromatic heterocycles. The van der Waals surface area contributed by atoms with E-state index in [1.807, 2.05) is 6.08 Å². The van der Waals surface area contributed by atoms with Crippen LogP contribution in [-0.4, -0.2) is 17.5 Å². The quantitative estimate of drug-likeness (QED) is 0.676. The van der Waals surface area contributed by atoms with Crippen LogP contribution in [0.15, 0.2) is 43.0 Å². The van der Waals surface area contributed by atoms with Crippen LogP contribution in [0.4, 0.5) is 0 Å². The van der Waals surface area contributed by atoms with Crippen molar-refractivity contribution in [2.45, 2.75) is 31.8 Å². The molecule has 1 aliphatic heterocycles. The van der Waals surface area contributed by atoms with Gasteiger partial charge in [0.05, 0.1) is 0 Å². The van der Waals surface area contributed by atoms with E-state index in [1.54, 1.807) is 0 Å². The molecule has 1 heterocycles. The summed E-state index contributed by atoms with van der Waals surface area (Å²) in [5.41, 5.74) is 1.42. The van der Waals surface area contributed by atoms with Crippen LogP contribution < -0.4 is 0 Å². The summed E-state index contributed by atoms with van der Waals surface area (Å²) in [6.07, 6.45) is 5.85. The van der Waals surface area contributed by atoms with E-state index in [0.29, 0.717) is 0 Å². The number of hydrogen-bond donors (Lipinski definition) is 0. The molecule has 0 radical (unpaired) electrons.